The third-order valence-electron chi connectivity index (χ3n) is 1.62. The summed E-state index contributed by atoms with van der Waals surface area (Å²) >= 11 is 0. The fraction of sp³-hybridized carbons (Fsp3) is 0.333. The van der Waals surface area contributed by atoms with Crippen molar-refractivity contribution in [3.05, 3.63) is 24.0 Å². The summed E-state index contributed by atoms with van der Waals surface area (Å²) in [6, 6.07) is 4.71. The maximum atomic E-state index is 13.1. The molecular weight excluding hydrogens is 173 g/mol. The largest absolute Gasteiger partial charge is 0.490 e. The smallest absolute Gasteiger partial charge is 0.164 e. The molecule has 0 aliphatic heterocycles. The Morgan fingerprint density at radius 1 is 1.38 bits per heavy atom. The minimum absolute atomic E-state index is 0.194. The number of halogens is 2. The highest BCUT2D eigenvalue weighted by Crippen LogP contribution is 2.14. The second-order valence-corrected chi connectivity index (χ2v) is 2.82. The predicted octanol–water partition coefficient (Wildman–Crippen LogP) is 0.823. The summed E-state index contributed by atoms with van der Waals surface area (Å²) in [6.45, 7) is -0.218. The number of hydrogen-bond acceptors (Lipinski definition) is 1. The van der Waals surface area contributed by atoms with Gasteiger partial charge in [0.15, 0.2) is 11.6 Å². The molecule has 0 saturated carbocycles. The van der Waals surface area contributed by atoms with Crippen LogP contribution < -0.4 is 10.2 Å². The van der Waals surface area contributed by atoms with Crippen LogP contribution in [0.1, 0.15) is 6.42 Å². The van der Waals surface area contributed by atoms with Crippen LogP contribution in [0.5, 0.6) is 5.75 Å². The minimum Gasteiger partial charge on any atom is -0.490 e. The third-order valence-corrected chi connectivity index (χ3v) is 1.62. The quantitative estimate of drug-likeness (QED) is 0.497. The van der Waals surface area contributed by atoms with Crippen molar-refractivity contribution < 1.29 is 13.5 Å². The summed E-state index contributed by atoms with van der Waals surface area (Å²) in [4.78, 5) is 0. The molecule has 1 aromatic carbocycles. The van der Waals surface area contributed by atoms with Gasteiger partial charge in [-0.3, -0.25) is 4.39 Å². The van der Waals surface area contributed by atoms with Gasteiger partial charge in [0.1, 0.15) is 7.85 Å². The Bertz CT molecular complexity index is 278. The van der Waals surface area contributed by atoms with Crippen LogP contribution in [0.4, 0.5) is 8.78 Å². The average Bonchev–Trinajstić information content (AvgIpc) is 2.09. The number of benzene rings is 1. The molecule has 1 aromatic rings. The van der Waals surface area contributed by atoms with E-state index in [1.165, 1.54) is 6.07 Å². The van der Waals surface area contributed by atoms with Crippen molar-refractivity contribution in [3.8, 4) is 5.75 Å². The Morgan fingerprint density at radius 3 is 2.77 bits per heavy atom. The third kappa shape index (κ3) is 3.05. The molecule has 1 rings (SSSR count). The van der Waals surface area contributed by atoms with Crippen LogP contribution in [0.3, 0.4) is 0 Å². The Hall–Kier alpha value is -1.06. The molecule has 0 unspecified atom stereocenters. The number of rotatable bonds is 4. The molecule has 0 aromatic heterocycles. The first-order valence-electron chi connectivity index (χ1n) is 4.19. The molecule has 0 fully saturated rings. The lowest BCUT2D eigenvalue weighted by atomic mass is 9.96. The Labute approximate surface area is 77.1 Å². The molecule has 70 valence electrons. The zero-order valence-corrected chi connectivity index (χ0v) is 7.52. The summed E-state index contributed by atoms with van der Waals surface area (Å²) in [7, 11) is 1.80. The molecule has 0 saturated heterocycles. The van der Waals surface area contributed by atoms with E-state index < -0.39 is 6.67 Å². The molecule has 0 amide bonds. The van der Waals surface area contributed by atoms with Gasteiger partial charge in [-0.05, 0) is 12.1 Å². The normalized spacial score (nSPS) is 10.0. The second kappa shape index (κ2) is 4.85. The molecule has 0 aliphatic carbocycles. The average molecular weight is 184 g/mol. The zero-order valence-electron chi connectivity index (χ0n) is 7.52. The Balaban J connectivity index is 2.56. The van der Waals surface area contributed by atoms with E-state index in [0.29, 0.717) is 6.42 Å². The Morgan fingerprint density at radius 2 is 2.15 bits per heavy atom. The van der Waals surface area contributed by atoms with Crippen LogP contribution in [0, 0.1) is 5.82 Å². The maximum Gasteiger partial charge on any atom is 0.164 e. The summed E-state index contributed by atoms with van der Waals surface area (Å²) in [5.74, 6) is -0.196. The lowest BCUT2D eigenvalue weighted by Crippen LogP contribution is -2.05. The molecule has 4 heteroatoms. The number of ether oxygens (including phenoxy) is 1. The van der Waals surface area contributed by atoms with E-state index >= 15 is 0 Å². The van der Waals surface area contributed by atoms with Gasteiger partial charge in [0, 0.05) is 6.42 Å². The van der Waals surface area contributed by atoms with Crippen molar-refractivity contribution in [2.75, 3.05) is 13.3 Å². The van der Waals surface area contributed by atoms with Crippen LogP contribution in [0.2, 0.25) is 0 Å². The van der Waals surface area contributed by atoms with E-state index in [2.05, 4.69) is 0 Å². The number of alkyl halides is 1. The molecule has 0 spiro atoms. The first kappa shape index (κ1) is 10.0. The van der Waals surface area contributed by atoms with E-state index in [1.807, 2.05) is 0 Å². The van der Waals surface area contributed by atoms with Crippen molar-refractivity contribution in [1.29, 1.82) is 0 Å². The van der Waals surface area contributed by atoms with E-state index in [0.717, 1.165) is 5.46 Å². The van der Waals surface area contributed by atoms with Crippen LogP contribution in [0.15, 0.2) is 18.2 Å². The first-order valence-corrected chi connectivity index (χ1v) is 4.19. The highest BCUT2D eigenvalue weighted by atomic mass is 19.1. The summed E-state index contributed by atoms with van der Waals surface area (Å²) in [5, 5.41) is 0. The van der Waals surface area contributed by atoms with Gasteiger partial charge in [0.05, 0.1) is 13.3 Å². The monoisotopic (exact) mass is 184 g/mol. The fourth-order valence-corrected chi connectivity index (χ4v) is 0.960. The molecule has 1 nitrogen and oxygen atoms in total. The molecule has 0 radical (unpaired) electrons. The van der Waals surface area contributed by atoms with E-state index in [1.54, 1.807) is 20.0 Å². The SMILES string of the molecule is Bc1ccc(OCCCF)c(F)c1. The topological polar surface area (TPSA) is 9.23 Å². The lowest BCUT2D eigenvalue weighted by molar-refractivity contribution is 0.277. The maximum absolute atomic E-state index is 13.1. The molecule has 0 aliphatic rings. The van der Waals surface area contributed by atoms with Crippen molar-refractivity contribution >= 4 is 13.3 Å². The van der Waals surface area contributed by atoms with Crippen molar-refractivity contribution in [1.82, 2.24) is 0 Å². The van der Waals surface area contributed by atoms with Crippen molar-refractivity contribution in [2.24, 2.45) is 0 Å². The molecule has 0 N–H and O–H groups in total. The number of hydrogen-bond donors (Lipinski definition) is 0. The van der Waals surface area contributed by atoms with Crippen LogP contribution in [-0.4, -0.2) is 21.1 Å². The molecule has 0 bridgehead atoms. The summed E-state index contributed by atoms with van der Waals surface area (Å²) in [5.41, 5.74) is 0.843. The van der Waals surface area contributed by atoms with Gasteiger partial charge in [-0.25, -0.2) is 4.39 Å². The predicted molar refractivity (Wildman–Crippen MR) is 50.7 cm³/mol. The minimum atomic E-state index is -0.437. The van der Waals surface area contributed by atoms with Gasteiger partial charge >= 0.3 is 0 Å². The van der Waals surface area contributed by atoms with Gasteiger partial charge in [0.2, 0.25) is 0 Å². The standard InChI is InChI=1S/C9H11BF2O/c10-7-2-3-9(8(12)6-7)13-5-1-4-11/h2-3,6H,1,4-5,10H2. The van der Waals surface area contributed by atoms with Crippen molar-refractivity contribution in [2.45, 2.75) is 6.42 Å². The molecular formula is C9H11BF2O. The van der Waals surface area contributed by atoms with Gasteiger partial charge in [0.25, 0.3) is 0 Å². The van der Waals surface area contributed by atoms with Gasteiger partial charge in [-0.2, -0.15) is 0 Å². The molecule has 0 heterocycles. The van der Waals surface area contributed by atoms with Crippen molar-refractivity contribution in [3.63, 3.8) is 0 Å². The van der Waals surface area contributed by atoms with Crippen LogP contribution in [-0.2, 0) is 0 Å². The zero-order chi connectivity index (χ0) is 9.68. The summed E-state index contributed by atoms with van der Waals surface area (Å²) in [6.07, 6.45) is 0.299. The molecule has 0 atom stereocenters. The van der Waals surface area contributed by atoms with Crippen LogP contribution >= 0.6 is 0 Å². The van der Waals surface area contributed by atoms with E-state index in [-0.39, 0.29) is 18.2 Å². The van der Waals surface area contributed by atoms with Crippen LogP contribution in [0.25, 0.3) is 0 Å². The van der Waals surface area contributed by atoms with E-state index in [4.69, 9.17) is 4.74 Å². The van der Waals surface area contributed by atoms with E-state index in [9.17, 15) is 8.78 Å². The second-order valence-electron chi connectivity index (χ2n) is 2.82. The highest BCUT2D eigenvalue weighted by Gasteiger charge is 2.01. The lowest BCUT2D eigenvalue weighted by Gasteiger charge is -2.05. The van der Waals surface area contributed by atoms with Gasteiger partial charge in [-0.1, -0.05) is 11.5 Å². The highest BCUT2D eigenvalue weighted by molar-refractivity contribution is 6.32. The van der Waals surface area contributed by atoms with Gasteiger partial charge in [-0.15, -0.1) is 0 Å². The summed E-state index contributed by atoms with van der Waals surface area (Å²) < 4.78 is 29.8. The fourth-order valence-electron chi connectivity index (χ4n) is 0.960. The first-order chi connectivity index (χ1) is 6.24. The Kier molecular flexibility index (Phi) is 3.74. The molecule has 13 heavy (non-hydrogen) atoms. The van der Waals surface area contributed by atoms with Gasteiger partial charge < -0.3 is 4.74 Å².